The van der Waals surface area contributed by atoms with Crippen LogP contribution < -0.4 is 5.32 Å². The van der Waals surface area contributed by atoms with Crippen molar-refractivity contribution in [2.24, 2.45) is 0 Å². The zero-order valence-corrected chi connectivity index (χ0v) is 10.7. The Balaban J connectivity index is 2.25. The minimum atomic E-state index is 0.826. The third-order valence-corrected chi connectivity index (χ3v) is 3.47. The molecule has 1 aromatic heterocycles. The van der Waals surface area contributed by atoms with Crippen molar-refractivity contribution < 1.29 is 0 Å². The summed E-state index contributed by atoms with van der Waals surface area (Å²) in [6, 6.07) is 8.22. The van der Waals surface area contributed by atoms with Crippen molar-refractivity contribution in [3.63, 3.8) is 0 Å². The second-order valence-corrected chi connectivity index (χ2v) is 4.95. The van der Waals surface area contributed by atoms with Crippen LogP contribution in [0.15, 0.2) is 34.1 Å². The summed E-state index contributed by atoms with van der Waals surface area (Å²) >= 11 is 5.10. The molecule has 1 N–H and O–H groups in total. The quantitative estimate of drug-likeness (QED) is 0.935. The number of hydrogen-bond donors (Lipinski definition) is 1. The standard InChI is InChI=1S/C11H11BrN2S/c1-13-6-10-7-15-11(14-10)8-2-4-9(12)5-3-8/h2-5,7,13H,6H2,1H3. The average molecular weight is 283 g/mol. The molecule has 0 fully saturated rings. The van der Waals surface area contributed by atoms with Gasteiger partial charge in [0.05, 0.1) is 5.69 Å². The molecule has 0 aliphatic rings. The minimum absolute atomic E-state index is 0.826. The van der Waals surface area contributed by atoms with E-state index < -0.39 is 0 Å². The zero-order chi connectivity index (χ0) is 10.7. The van der Waals surface area contributed by atoms with E-state index >= 15 is 0 Å². The lowest BCUT2D eigenvalue weighted by molar-refractivity contribution is 0.798. The van der Waals surface area contributed by atoms with Gasteiger partial charge in [-0.05, 0) is 19.2 Å². The Bertz CT molecular complexity index is 436. The van der Waals surface area contributed by atoms with Crippen molar-refractivity contribution >= 4 is 27.3 Å². The number of rotatable bonds is 3. The molecule has 0 aliphatic carbocycles. The molecule has 0 radical (unpaired) electrons. The number of benzene rings is 1. The molecule has 0 atom stereocenters. The lowest BCUT2D eigenvalue weighted by Gasteiger charge is -1.96. The highest BCUT2D eigenvalue weighted by Crippen LogP contribution is 2.25. The number of thiazole rings is 1. The second-order valence-electron chi connectivity index (χ2n) is 3.18. The normalized spacial score (nSPS) is 10.5. The maximum absolute atomic E-state index is 4.54. The van der Waals surface area contributed by atoms with Gasteiger partial charge in [0.25, 0.3) is 0 Å². The van der Waals surface area contributed by atoms with Gasteiger partial charge in [0.15, 0.2) is 0 Å². The lowest BCUT2D eigenvalue weighted by atomic mass is 10.2. The summed E-state index contributed by atoms with van der Waals surface area (Å²) in [4.78, 5) is 4.54. The number of nitrogens with zero attached hydrogens (tertiary/aromatic N) is 1. The Morgan fingerprint density at radius 2 is 2.07 bits per heavy atom. The van der Waals surface area contributed by atoms with Crippen LogP contribution in [-0.2, 0) is 6.54 Å². The molecule has 0 unspecified atom stereocenters. The van der Waals surface area contributed by atoms with Gasteiger partial charge in [-0.15, -0.1) is 11.3 Å². The van der Waals surface area contributed by atoms with Crippen molar-refractivity contribution in [1.82, 2.24) is 10.3 Å². The van der Waals surface area contributed by atoms with Crippen LogP contribution in [-0.4, -0.2) is 12.0 Å². The summed E-state index contributed by atoms with van der Waals surface area (Å²) in [7, 11) is 1.93. The second kappa shape index (κ2) is 4.88. The number of hydrogen-bond acceptors (Lipinski definition) is 3. The minimum Gasteiger partial charge on any atom is -0.314 e. The smallest absolute Gasteiger partial charge is 0.123 e. The summed E-state index contributed by atoms with van der Waals surface area (Å²) in [5, 5.41) is 6.26. The molecule has 1 heterocycles. The summed E-state index contributed by atoms with van der Waals surface area (Å²) < 4.78 is 1.10. The molecule has 0 bridgehead atoms. The Hall–Kier alpha value is -0.710. The molecule has 2 nitrogen and oxygen atoms in total. The molecule has 15 heavy (non-hydrogen) atoms. The van der Waals surface area contributed by atoms with Gasteiger partial charge in [-0.25, -0.2) is 4.98 Å². The van der Waals surface area contributed by atoms with E-state index in [0.29, 0.717) is 0 Å². The molecule has 0 aliphatic heterocycles. The van der Waals surface area contributed by atoms with Crippen molar-refractivity contribution in [1.29, 1.82) is 0 Å². The van der Waals surface area contributed by atoms with Crippen LogP contribution in [0.5, 0.6) is 0 Å². The van der Waals surface area contributed by atoms with E-state index in [9.17, 15) is 0 Å². The van der Waals surface area contributed by atoms with E-state index in [0.717, 1.165) is 21.7 Å². The first-order chi connectivity index (χ1) is 7.29. The molecule has 0 saturated carbocycles. The third kappa shape index (κ3) is 2.65. The van der Waals surface area contributed by atoms with Crippen LogP contribution in [0.2, 0.25) is 0 Å². The van der Waals surface area contributed by atoms with Gasteiger partial charge in [0, 0.05) is 22.0 Å². The Morgan fingerprint density at radius 1 is 1.33 bits per heavy atom. The first-order valence-electron chi connectivity index (χ1n) is 4.64. The summed E-state index contributed by atoms with van der Waals surface area (Å²) in [5.41, 5.74) is 2.27. The number of nitrogens with one attached hydrogen (secondary N) is 1. The summed E-state index contributed by atoms with van der Waals surface area (Å²) in [5.74, 6) is 0. The highest BCUT2D eigenvalue weighted by Gasteiger charge is 2.03. The monoisotopic (exact) mass is 282 g/mol. The largest absolute Gasteiger partial charge is 0.314 e. The molecule has 1 aromatic carbocycles. The van der Waals surface area contributed by atoms with Gasteiger partial charge < -0.3 is 5.32 Å². The topological polar surface area (TPSA) is 24.9 Å². The Labute approximate surface area is 101 Å². The highest BCUT2D eigenvalue weighted by molar-refractivity contribution is 9.10. The third-order valence-electron chi connectivity index (χ3n) is 2.00. The van der Waals surface area contributed by atoms with Crippen LogP contribution >= 0.6 is 27.3 Å². The van der Waals surface area contributed by atoms with Crippen LogP contribution in [0, 0.1) is 0 Å². The van der Waals surface area contributed by atoms with Crippen LogP contribution in [0.4, 0.5) is 0 Å². The van der Waals surface area contributed by atoms with E-state index in [1.807, 2.05) is 19.2 Å². The first-order valence-corrected chi connectivity index (χ1v) is 6.32. The van der Waals surface area contributed by atoms with Gasteiger partial charge in [0.1, 0.15) is 5.01 Å². The molecule has 78 valence electrons. The fourth-order valence-electron chi connectivity index (χ4n) is 1.29. The number of halogens is 1. The van der Waals surface area contributed by atoms with Gasteiger partial charge in [-0.3, -0.25) is 0 Å². The lowest BCUT2D eigenvalue weighted by Crippen LogP contribution is -2.04. The first kappa shape index (κ1) is 10.8. The molecular formula is C11H11BrN2S. The maximum atomic E-state index is 4.54. The summed E-state index contributed by atoms with van der Waals surface area (Å²) in [6.45, 7) is 0.826. The molecule has 2 rings (SSSR count). The predicted molar refractivity (Wildman–Crippen MR) is 68.0 cm³/mol. The predicted octanol–water partition coefficient (Wildman–Crippen LogP) is 3.29. The summed E-state index contributed by atoms with van der Waals surface area (Å²) in [6.07, 6.45) is 0. The van der Waals surface area contributed by atoms with Crippen molar-refractivity contribution in [2.45, 2.75) is 6.54 Å². The van der Waals surface area contributed by atoms with E-state index in [1.165, 1.54) is 5.56 Å². The van der Waals surface area contributed by atoms with Crippen molar-refractivity contribution in [2.75, 3.05) is 7.05 Å². The van der Waals surface area contributed by atoms with Crippen molar-refractivity contribution in [3.8, 4) is 10.6 Å². The molecule has 2 aromatic rings. The fraction of sp³-hybridized carbons (Fsp3) is 0.182. The van der Waals surface area contributed by atoms with E-state index in [-0.39, 0.29) is 0 Å². The van der Waals surface area contributed by atoms with E-state index in [4.69, 9.17) is 0 Å². The van der Waals surface area contributed by atoms with Crippen LogP contribution in [0.1, 0.15) is 5.69 Å². The molecule has 0 saturated heterocycles. The van der Waals surface area contributed by atoms with E-state index in [1.54, 1.807) is 11.3 Å². The Morgan fingerprint density at radius 3 is 2.73 bits per heavy atom. The fourth-order valence-corrected chi connectivity index (χ4v) is 2.38. The van der Waals surface area contributed by atoms with Crippen LogP contribution in [0.3, 0.4) is 0 Å². The highest BCUT2D eigenvalue weighted by atomic mass is 79.9. The van der Waals surface area contributed by atoms with Crippen LogP contribution in [0.25, 0.3) is 10.6 Å². The van der Waals surface area contributed by atoms with Crippen molar-refractivity contribution in [3.05, 3.63) is 39.8 Å². The van der Waals surface area contributed by atoms with Gasteiger partial charge >= 0.3 is 0 Å². The average Bonchev–Trinajstić information content (AvgIpc) is 2.68. The molecular weight excluding hydrogens is 272 g/mol. The van der Waals surface area contributed by atoms with Gasteiger partial charge in [-0.2, -0.15) is 0 Å². The zero-order valence-electron chi connectivity index (χ0n) is 8.33. The molecule has 0 spiro atoms. The Kier molecular flexibility index (Phi) is 3.51. The maximum Gasteiger partial charge on any atom is 0.123 e. The SMILES string of the molecule is CNCc1csc(-c2ccc(Br)cc2)n1. The number of aromatic nitrogens is 1. The van der Waals surface area contributed by atoms with E-state index in [2.05, 4.69) is 43.7 Å². The van der Waals surface area contributed by atoms with Gasteiger partial charge in [0.2, 0.25) is 0 Å². The molecule has 4 heteroatoms. The van der Waals surface area contributed by atoms with Gasteiger partial charge in [-0.1, -0.05) is 28.1 Å². The molecule has 0 amide bonds.